The molecule has 0 aromatic rings. The predicted molar refractivity (Wildman–Crippen MR) is 160 cm³/mol. The Morgan fingerprint density at radius 3 is 1.89 bits per heavy atom. The molecule has 0 unspecified atom stereocenters. The van der Waals surface area contributed by atoms with Crippen LogP contribution in [0.25, 0.3) is 0 Å². The van der Waals surface area contributed by atoms with Crippen molar-refractivity contribution in [3.05, 3.63) is 0 Å². The van der Waals surface area contributed by atoms with Crippen LogP contribution in [-0.2, 0) is 19.1 Å². The van der Waals surface area contributed by atoms with E-state index >= 15 is 0 Å². The van der Waals surface area contributed by atoms with Crippen molar-refractivity contribution < 1.29 is 19.1 Å². The normalized spacial score (nSPS) is 14.6. The zero-order valence-corrected chi connectivity index (χ0v) is 27.1. The number of nitrogens with one attached hydrogen (secondary N) is 2. The standard InChI is InChI=1S/C31H63N3O4/c1-13-28(5,6)26(36)24(34-27(2,3)4)16-14-15-21-33-31(11,12)25(35)17-18-29(7,8)37-22-19-30(9,10)38-23-20-32/h24,33-34H,13-23,32H2,1-12H3/t24-/m0/s1. The highest BCUT2D eigenvalue weighted by molar-refractivity contribution is 5.89. The molecule has 0 heterocycles. The highest BCUT2D eigenvalue weighted by atomic mass is 16.5. The van der Waals surface area contributed by atoms with E-state index in [1.807, 2.05) is 55.4 Å². The number of carbonyl (C=O) groups excluding carboxylic acids is 2. The lowest BCUT2D eigenvalue weighted by atomic mass is 9.80. The lowest BCUT2D eigenvalue weighted by Crippen LogP contribution is -2.51. The second-order valence-electron chi connectivity index (χ2n) is 14.3. The molecule has 0 saturated carbocycles. The summed E-state index contributed by atoms with van der Waals surface area (Å²) in [5.74, 6) is 0.475. The van der Waals surface area contributed by atoms with E-state index in [4.69, 9.17) is 15.2 Å². The van der Waals surface area contributed by atoms with Crippen molar-refractivity contribution in [2.75, 3.05) is 26.3 Å². The molecule has 0 rings (SSSR count). The van der Waals surface area contributed by atoms with Crippen molar-refractivity contribution in [1.29, 1.82) is 0 Å². The maximum absolute atomic E-state index is 13.2. The van der Waals surface area contributed by atoms with E-state index in [0.717, 1.165) is 38.6 Å². The molecule has 0 aromatic heterocycles. The number of nitrogens with two attached hydrogens (primary N) is 1. The molecule has 226 valence electrons. The first kappa shape index (κ1) is 37.1. The quantitative estimate of drug-likeness (QED) is 0.163. The van der Waals surface area contributed by atoms with Gasteiger partial charge in [0.1, 0.15) is 0 Å². The Morgan fingerprint density at radius 1 is 0.816 bits per heavy atom. The van der Waals surface area contributed by atoms with Crippen LogP contribution in [0.4, 0.5) is 0 Å². The Hall–Kier alpha value is -0.860. The van der Waals surface area contributed by atoms with Crippen LogP contribution in [0.5, 0.6) is 0 Å². The molecule has 0 fully saturated rings. The molecule has 0 bridgehead atoms. The first-order valence-electron chi connectivity index (χ1n) is 14.8. The number of hydrogen-bond acceptors (Lipinski definition) is 7. The van der Waals surface area contributed by atoms with Gasteiger partial charge in [-0.1, -0.05) is 27.2 Å². The monoisotopic (exact) mass is 541 g/mol. The summed E-state index contributed by atoms with van der Waals surface area (Å²) in [6.45, 7) is 26.9. The van der Waals surface area contributed by atoms with Gasteiger partial charge in [0.2, 0.25) is 0 Å². The second kappa shape index (κ2) is 15.8. The highest BCUT2D eigenvalue weighted by Gasteiger charge is 2.34. The molecule has 0 radical (unpaired) electrons. The van der Waals surface area contributed by atoms with Crippen LogP contribution in [0.3, 0.4) is 0 Å². The van der Waals surface area contributed by atoms with Crippen LogP contribution in [0, 0.1) is 5.41 Å². The highest BCUT2D eigenvalue weighted by Crippen LogP contribution is 2.26. The van der Waals surface area contributed by atoms with E-state index < -0.39 is 5.54 Å². The van der Waals surface area contributed by atoms with E-state index in [0.29, 0.717) is 32.6 Å². The number of Topliss-reactive ketones (excluding diaryl/α,β-unsaturated/α-hetero) is 2. The molecule has 0 amide bonds. The SMILES string of the molecule is CCC(C)(C)C(=O)[C@H](CCCCNC(C)(C)C(=O)CCC(C)(C)OCCC(C)(C)OCCN)NC(C)(C)C. The molecular weight excluding hydrogens is 478 g/mol. The van der Waals surface area contributed by atoms with Crippen LogP contribution in [0.1, 0.15) is 128 Å². The Kier molecular flexibility index (Phi) is 15.4. The fraction of sp³-hybridized carbons (Fsp3) is 0.935. The molecule has 0 aliphatic carbocycles. The van der Waals surface area contributed by atoms with Crippen molar-refractivity contribution in [2.24, 2.45) is 11.1 Å². The van der Waals surface area contributed by atoms with E-state index in [1.165, 1.54) is 0 Å². The molecule has 0 aromatic carbocycles. The van der Waals surface area contributed by atoms with Gasteiger partial charge >= 0.3 is 0 Å². The van der Waals surface area contributed by atoms with Gasteiger partial charge in [0.05, 0.1) is 36.0 Å². The number of hydrogen-bond donors (Lipinski definition) is 3. The second-order valence-corrected chi connectivity index (χ2v) is 14.3. The minimum Gasteiger partial charge on any atom is -0.375 e. The summed E-state index contributed by atoms with van der Waals surface area (Å²) < 4.78 is 11.9. The number of ketones is 2. The number of rotatable bonds is 21. The smallest absolute Gasteiger partial charge is 0.155 e. The summed E-state index contributed by atoms with van der Waals surface area (Å²) >= 11 is 0. The van der Waals surface area contributed by atoms with Gasteiger partial charge in [-0.25, -0.2) is 0 Å². The third kappa shape index (κ3) is 15.7. The van der Waals surface area contributed by atoms with Crippen LogP contribution >= 0.6 is 0 Å². The molecule has 7 heteroatoms. The zero-order valence-electron chi connectivity index (χ0n) is 27.1. The molecule has 0 saturated heterocycles. The summed E-state index contributed by atoms with van der Waals surface area (Å²) in [6.07, 6.45) is 5.35. The molecule has 7 nitrogen and oxygen atoms in total. The lowest BCUT2D eigenvalue weighted by Gasteiger charge is -2.33. The van der Waals surface area contributed by atoms with Crippen molar-refractivity contribution in [1.82, 2.24) is 10.6 Å². The Morgan fingerprint density at radius 2 is 1.37 bits per heavy atom. The number of ether oxygens (including phenoxy) is 2. The topological polar surface area (TPSA) is 103 Å². The molecule has 4 N–H and O–H groups in total. The van der Waals surface area contributed by atoms with Crippen molar-refractivity contribution in [2.45, 2.75) is 156 Å². The van der Waals surface area contributed by atoms with E-state index in [2.05, 4.69) is 38.3 Å². The van der Waals surface area contributed by atoms with Gasteiger partial charge in [0, 0.05) is 23.9 Å². The molecular formula is C31H63N3O4. The van der Waals surface area contributed by atoms with Crippen molar-refractivity contribution in [3.8, 4) is 0 Å². The zero-order chi connectivity index (χ0) is 29.8. The third-order valence-corrected chi connectivity index (χ3v) is 7.42. The van der Waals surface area contributed by atoms with Crippen molar-refractivity contribution >= 4 is 11.6 Å². The molecule has 38 heavy (non-hydrogen) atoms. The molecule has 1 atom stereocenters. The average Bonchev–Trinajstić information content (AvgIpc) is 2.78. The molecule has 0 aliphatic rings. The van der Waals surface area contributed by atoms with Crippen LogP contribution in [0.2, 0.25) is 0 Å². The predicted octanol–water partition coefficient (Wildman–Crippen LogP) is 5.58. The van der Waals surface area contributed by atoms with E-state index in [1.54, 1.807) is 0 Å². The summed E-state index contributed by atoms with van der Waals surface area (Å²) in [7, 11) is 0. The Balaban J connectivity index is 4.62. The maximum Gasteiger partial charge on any atom is 0.155 e. The summed E-state index contributed by atoms with van der Waals surface area (Å²) in [4.78, 5) is 26.2. The Bertz CT molecular complexity index is 708. The number of unbranched alkanes of at least 4 members (excludes halogenated alkanes) is 1. The van der Waals surface area contributed by atoms with Crippen LogP contribution in [0.15, 0.2) is 0 Å². The summed E-state index contributed by atoms with van der Waals surface area (Å²) in [5, 5.41) is 6.98. The third-order valence-electron chi connectivity index (χ3n) is 7.42. The molecule has 0 spiro atoms. The van der Waals surface area contributed by atoms with Gasteiger partial charge in [0.25, 0.3) is 0 Å². The van der Waals surface area contributed by atoms with Gasteiger partial charge < -0.3 is 25.8 Å². The summed E-state index contributed by atoms with van der Waals surface area (Å²) in [6, 6.07) is -0.153. The van der Waals surface area contributed by atoms with Gasteiger partial charge in [-0.15, -0.1) is 0 Å². The van der Waals surface area contributed by atoms with E-state index in [-0.39, 0.29) is 39.8 Å². The fourth-order valence-corrected chi connectivity index (χ4v) is 4.19. The lowest BCUT2D eigenvalue weighted by molar-refractivity contribution is -0.130. The minimum atomic E-state index is -0.600. The van der Waals surface area contributed by atoms with Crippen LogP contribution < -0.4 is 16.4 Å². The first-order chi connectivity index (χ1) is 17.2. The van der Waals surface area contributed by atoms with Gasteiger partial charge in [0.15, 0.2) is 11.6 Å². The largest absolute Gasteiger partial charge is 0.375 e. The Labute approximate surface area is 235 Å². The fourth-order valence-electron chi connectivity index (χ4n) is 4.19. The van der Waals surface area contributed by atoms with Gasteiger partial charge in [-0.2, -0.15) is 0 Å². The van der Waals surface area contributed by atoms with Gasteiger partial charge in [-0.3, -0.25) is 9.59 Å². The van der Waals surface area contributed by atoms with Gasteiger partial charge in [-0.05, 0) is 101 Å². The minimum absolute atomic E-state index is 0.122. The van der Waals surface area contributed by atoms with Crippen LogP contribution in [-0.4, -0.2) is 66.2 Å². The van der Waals surface area contributed by atoms with E-state index in [9.17, 15) is 9.59 Å². The van der Waals surface area contributed by atoms with Crippen molar-refractivity contribution in [3.63, 3.8) is 0 Å². The first-order valence-corrected chi connectivity index (χ1v) is 14.8. The number of carbonyl (C=O) groups is 2. The average molecular weight is 542 g/mol. The summed E-state index contributed by atoms with van der Waals surface area (Å²) in [5.41, 5.74) is 3.82. The molecule has 0 aliphatic heterocycles. The maximum atomic E-state index is 13.2.